The van der Waals surface area contributed by atoms with Gasteiger partial charge in [-0.15, -0.1) is 13.2 Å². The normalized spacial score (nSPS) is 12.0. The molecule has 0 unspecified atom stereocenters. The summed E-state index contributed by atoms with van der Waals surface area (Å²) < 4.78 is 40.7. The van der Waals surface area contributed by atoms with Crippen molar-refractivity contribution < 1.29 is 17.9 Å². The summed E-state index contributed by atoms with van der Waals surface area (Å²) in [5.41, 5.74) is 0.719. The number of aromatic amines is 1. The summed E-state index contributed by atoms with van der Waals surface area (Å²) in [6.07, 6.45) is -3.36. The average molecular weight is 328 g/mol. The first-order chi connectivity index (χ1) is 6.97. The molecular formula is C8H4F3IN2O. The molecule has 1 N–H and O–H groups in total. The third-order valence-electron chi connectivity index (χ3n) is 1.72. The van der Waals surface area contributed by atoms with Crippen molar-refractivity contribution in [1.82, 2.24) is 9.97 Å². The van der Waals surface area contributed by atoms with Crippen molar-refractivity contribution in [2.24, 2.45) is 0 Å². The van der Waals surface area contributed by atoms with Gasteiger partial charge in [0.05, 0.1) is 6.33 Å². The van der Waals surface area contributed by atoms with E-state index >= 15 is 0 Å². The maximum Gasteiger partial charge on any atom is 0.573 e. The van der Waals surface area contributed by atoms with E-state index in [2.05, 4.69) is 14.7 Å². The monoisotopic (exact) mass is 328 g/mol. The van der Waals surface area contributed by atoms with Gasteiger partial charge in [0.15, 0.2) is 5.75 Å². The molecule has 1 heterocycles. The molecule has 0 aliphatic carbocycles. The number of halogens is 4. The summed E-state index contributed by atoms with van der Waals surface area (Å²) in [6.45, 7) is 0. The van der Waals surface area contributed by atoms with Crippen LogP contribution in [0.4, 0.5) is 13.2 Å². The van der Waals surface area contributed by atoms with Gasteiger partial charge in [-0.25, -0.2) is 4.98 Å². The first-order valence-corrected chi connectivity index (χ1v) is 4.92. The summed E-state index contributed by atoms with van der Waals surface area (Å²) in [6, 6.07) is 2.78. The van der Waals surface area contributed by atoms with Crippen molar-refractivity contribution in [2.75, 3.05) is 0 Å². The maximum absolute atomic E-state index is 12.0. The number of H-pyrrole nitrogens is 1. The molecule has 0 fully saturated rings. The van der Waals surface area contributed by atoms with E-state index in [1.807, 2.05) is 22.6 Å². The van der Waals surface area contributed by atoms with Crippen LogP contribution < -0.4 is 4.74 Å². The van der Waals surface area contributed by atoms with Crippen LogP contribution in [0.25, 0.3) is 11.0 Å². The number of fused-ring (bicyclic) bond motifs is 1. The highest BCUT2D eigenvalue weighted by molar-refractivity contribution is 14.1. The highest BCUT2D eigenvalue weighted by atomic mass is 127. The Hall–Kier alpha value is -0.990. The summed E-state index contributed by atoms with van der Waals surface area (Å²) in [4.78, 5) is 6.51. The Balaban J connectivity index is 2.53. The Morgan fingerprint density at radius 2 is 2.07 bits per heavy atom. The lowest BCUT2D eigenvalue weighted by atomic mass is 10.3. The summed E-state index contributed by atoms with van der Waals surface area (Å²) in [5, 5.41) is 0. The van der Waals surface area contributed by atoms with E-state index in [9.17, 15) is 13.2 Å². The number of nitrogens with zero attached hydrogens (tertiary/aromatic N) is 1. The molecule has 0 saturated carbocycles. The zero-order chi connectivity index (χ0) is 11.1. The molecule has 1 aromatic carbocycles. The van der Waals surface area contributed by atoms with Crippen molar-refractivity contribution in [3.05, 3.63) is 22.0 Å². The van der Waals surface area contributed by atoms with Gasteiger partial charge in [0.2, 0.25) is 0 Å². The number of aromatic nitrogens is 2. The number of hydrogen-bond acceptors (Lipinski definition) is 2. The fraction of sp³-hybridized carbons (Fsp3) is 0.125. The molecule has 7 heteroatoms. The van der Waals surface area contributed by atoms with Gasteiger partial charge in [-0.2, -0.15) is 0 Å². The number of rotatable bonds is 1. The number of nitrogens with one attached hydrogen (secondary N) is 1. The third kappa shape index (κ3) is 2.16. The molecule has 80 valence electrons. The summed E-state index contributed by atoms with van der Waals surface area (Å²) in [7, 11) is 0. The molecule has 0 radical (unpaired) electrons. The van der Waals surface area contributed by atoms with Gasteiger partial charge < -0.3 is 9.72 Å². The topological polar surface area (TPSA) is 37.9 Å². The van der Waals surface area contributed by atoms with Gasteiger partial charge in [0.25, 0.3) is 0 Å². The largest absolute Gasteiger partial charge is 0.573 e. The highest BCUT2D eigenvalue weighted by Gasteiger charge is 2.32. The van der Waals surface area contributed by atoms with Crippen LogP contribution in [0, 0.1) is 3.57 Å². The lowest BCUT2D eigenvalue weighted by Crippen LogP contribution is -2.17. The second-order valence-corrected chi connectivity index (χ2v) is 3.88. The molecule has 0 spiro atoms. The third-order valence-corrected chi connectivity index (χ3v) is 2.59. The average Bonchev–Trinajstić information content (AvgIpc) is 2.57. The van der Waals surface area contributed by atoms with Gasteiger partial charge in [-0.05, 0) is 34.7 Å². The number of hydrogen-bond donors (Lipinski definition) is 1. The van der Waals surface area contributed by atoms with Gasteiger partial charge in [-0.1, -0.05) is 0 Å². The molecule has 0 aliphatic heterocycles. The number of ether oxygens (including phenoxy) is 1. The lowest BCUT2D eigenvalue weighted by Gasteiger charge is -2.09. The second-order valence-electron chi connectivity index (χ2n) is 2.72. The smallest absolute Gasteiger partial charge is 0.403 e. The minimum atomic E-state index is -4.69. The molecule has 0 saturated heterocycles. The number of alkyl halides is 3. The minimum absolute atomic E-state index is 0.249. The van der Waals surface area contributed by atoms with Gasteiger partial charge >= 0.3 is 6.36 Å². The molecule has 3 nitrogen and oxygen atoms in total. The molecule has 15 heavy (non-hydrogen) atoms. The quantitative estimate of drug-likeness (QED) is 0.817. The van der Waals surface area contributed by atoms with Crippen LogP contribution in [0.5, 0.6) is 5.75 Å². The minimum Gasteiger partial charge on any atom is -0.403 e. The van der Waals surface area contributed by atoms with E-state index in [1.165, 1.54) is 18.5 Å². The van der Waals surface area contributed by atoms with Gasteiger partial charge in [0, 0.05) is 3.57 Å². The van der Waals surface area contributed by atoms with Crippen molar-refractivity contribution in [3.8, 4) is 5.75 Å². The van der Waals surface area contributed by atoms with Crippen molar-refractivity contribution in [1.29, 1.82) is 0 Å². The Labute approximate surface area is 95.8 Å². The predicted molar refractivity (Wildman–Crippen MR) is 55.5 cm³/mol. The molecule has 2 aromatic rings. The van der Waals surface area contributed by atoms with Gasteiger partial charge in [0.1, 0.15) is 11.0 Å². The van der Waals surface area contributed by atoms with Gasteiger partial charge in [-0.3, -0.25) is 0 Å². The van der Waals surface area contributed by atoms with Crippen LogP contribution in [-0.2, 0) is 0 Å². The summed E-state index contributed by atoms with van der Waals surface area (Å²) in [5.74, 6) is -0.268. The fourth-order valence-corrected chi connectivity index (χ4v) is 1.77. The van der Waals surface area contributed by atoms with E-state index in [0.29, 0.717) is 5.52 Å². The predicted octanol–water partition coefficient (Wildman–Crippen LogP) is 3.07. The molecule has 1 aromatic heterocycles. The Bertz CT molecular complexity index is 494. The molecule has 0 bridgehead atoms. The van der Waals surface area contributed by atoms with E-state index < -0.39 is 6.36 Å². The SMILES string of the molecule is FC(F)(F)Oc1ccc(I)c2nc[nH]c12. The zero-order valence-electron chi connectivity index (χ0n) is 7.10. The van der Waals surface area contributed by atoms with Crippen LogP contribution in [0.15, 0.2) is 18.5 Å². The lowest BCUT2D eigenvalue weighted by molar-refractivity contribution is -0.274. The Kier molecular flexibility index (Phi) is 2.49. The fourth-order valence-electron chi connectivity index (χ4n) is 1.18. The number of imidazole rings is 1. The molecule has 0 aliphatic rings. The van der Waals surface area contributed by atoms with Crippen LogP contribution >= 0.6 is 22.6 Å². The van der Waals surface area contributed by atoms with Crippen LogP contribution in [0.1, 0.15) is 0 Å². The molecular weight excluding hydrogens is 324 g/mol. The first-order valence-electron chi connectivity index (χ1n) is 3.85. The van der Waals surface area contributed by atoms with Crippen LogP contribution in [0.3, 0.4) is 0 Å². The molecule has 2 rings (SSSR count). The zero-order valence-corrected chi connectivity index (χ0v) is 9.26. The van der Waals surface area contributed by atoms with Crippen molar-refractivity contribution in [3.63, 3.8) is 0 Å². The van der Waals surface area contributed by atoms with Crippen LogP contribution in [-0.4, -0.2) is 16.3 Å². The maximum atomic E-state index is 12.0. The van der Waals surface area contributed by atoms with Crippen LogP contribution in [0.2, 0.25) is 0 Å². The standard InChI is InChI=1S/C8H4F3IN2O/c9-8(10,11)15-5-2-1-4(12)6-7(5)14-3-13-6/h1-3H,(H,13,14). The van der Waals surface area contributed by atoms with E-state index in [1.54, 1.807) is 0 Å². The Morgan fingerprint density at radius 3 is 2.73 bits per heavy atom. The van der Waals surface area contributed by atoms with E-state index in [4.69, 9.17) is 0 Å². The first kappa shape index (κ1) is 10.5. The van der Waals surface area contributed by atoms with E-state index in [-0.39, 0.29) is 11.3 Å². The van der Waals surface area contributed by atoms with E-state index in [0.717, 1.165) is 3.57 Å². The second kappa shape index (κ2) is 3.54. The van der Waals surface area contributed by atoms with Crippen molar-refractivity contribution >= 4 is 33.6 Å². The summed E-state index contributed by atoms with van der Waals surface area (Å²) >= 11 is 1.99. The highest BCUT2D eigenvalue weighted by Crippen LogP contribution is 2.30. The number of benzene rings is 1. The Morgan fingerprint density at radius 1 is 1.33 bits per heavy atom. The molecule has 0 atom stereocenters. The molecule has 0 amide bonds. The van der Waals surface area contributed by atoms with Crippen molar-refractivity contribution in [2.45, 2.75) is 6.36 Å².